The monoisotopic (exact) mass is 274 g/mol. The fourth-order valence-corrected chi connectivity index (χ4v) is 2.60. The van der Waals surface area contributed by atoms with Gasteiger partial charge in [-0.05, 0) is 42.9 Å². The van der Waals surface area contributed by atoms with Crippen LogP contribution in [0.15, 0.2) is 24.4 Å². The molecule has 0 spiro atoms. The van der Waals surface area contributed by atoms with Gasteiger partial charge in [0.15, 0.2) is 0 Å². The Morgan fingerprint density at radius 3 is 2.95 bits per heavy atom. The summed E-state index contributed by atoms with van der Waals surface area (Å²) in [5.74, 6) is -0.0421. The summed E-state index contributed by atoms with van der Waals surface area (Å²) in [6.45, 7) is 6.56. The first-order valence-corrected chi connectivity index (χ1v) is 7.09. The van der Waals surface area contributed by atoms with Crippen molar-refractivity contribution in [2.24, 2.45) is 5.41 Å². The maximum absolute atomic E-state index is 10.7. The van der Waals surface area contributed by atoms with Crippen LogP contribution >= 0.6 is 0 Å². The molecular weight excluding hydrogens is 252 g/mol. The van der Waals surface area contributed by atoms with E-state index in [0.717, 1.165) is 37.3 Å². The highest BCUT2D eigenvalue weighted by Crippen LogP contribution is 2.32. The lowest BCUT2D eigenvalue weighted by Gasteiger charge is -2.25. The normalized spacial score (nSPS) is 19.0. The molecule has 108 valence electrons. The molecule has 4 heteroatoms. The first-order chi connectivity index (χ1) is 9.48. The Hall–Kier alpha value is -1.84. The summed E-state index contributed by atoms with van der Waals surface area (Å²) in [5.41, 5.74) is 1.25. The fraction of sp³-hybridized carbons (Fsp3) is 0.500. The largest absolute Gasteiger partial charge is 0.478 e. The number of rotatable bonds is 3. The summed E-state index contributed by atoms with van der Waals surface area (Å²) in [6, 6.07) is 3.75. The lowest BCUT2D eigenvalue weighted by atomic mass is 9.85. The van der Waals surface area contributed by atoms with Crippen LogP contribution in [-0.2, 0) is 4.79 Å². The molecule has 1 N–H and O–H groups in total. The van der Waals surface area contributed by atoms with Gasteiger partial charge in [0.2, 0.25) is 0 Å². The van der Waals surface area contributed by atoms with E-state index in [2.05, 4.69) is 23.7 Å². The lowest BCUT2D eigenvalue weighted by Crippen LogP contribution is -2.26. The summed E-state index contributed by atoms with van der Waals surface area (Å²) in [7, 11) is 0. The minimum atomic E-state index is -0.934. The van der Waals surface area contributed by atoms with E-state index < -0.39 is 5.97 Å². The molecular formula is C16H22N2O2. The molecule has 0 atom stereocenters. The summed E-state index contributed by atoms with van der Waals surface area (Å²) in [6.07, 6.45) is 8.06. The third-order valence-corrected chi connectivity index (χ3v) is 3.86. The number of carbonyl (C=O) groups is 1. The van der Waals surface area contributed by atoms with Gasteiger partial charge in [-0.15, -0.1) is 0 Å². The molecule has 1 fully saturated rings. The standard InChI is InChI=1S/C16H22N2O2/c1-16(2)8-4-11-18(12-9-16)15-13(5-3-10-17-15)6-7-14(19)20/h3,5-7,10H,4,8-9,11-12H2,1-2H3,(H,19,20)/b7-6+. The van der Waals surface area contributed by atoms with Crippen LogP contribution in [-0.4, -0.2) is 29.1 Å². The molecule has 1 aromatic rings. The van der Waals surface area contributed by atoms with E-state index >= 15 is 0 Å². The van der Waals surface area contributed by atoms with Gasteiger partial charge in [0.25, 0.3) is 0 Å². The number of nitrogens with zero attached hydrogens (tertiary/aromatic N) is 2. The first kappa shape index (κ1) is 14.6. The second kappa shape index (κ2) is 6.07. The van der Waals surface area contributed by atoms with Crippen molar-refractivity contribution in [3.8, 4) is 0 Å². The van der Waals surface area contributed by atoms with E-state index in [1.54, 1.807) is 12.3 Å². The van der Waals surface area contributed by atoms with Crippen LogP contribution in [0.5, 0.6) is 0 Å². The molecule has 2 rings (SSSR count). The minimum Gasteiger partial charge on any atom is -0.478 e. The lowest BCUT2D eigenvalue weighted by molar-refractivity contribution is -0.131. The predicted molar refractivity (Wildman–Crippen MR) is 80.8 cm³/mol. The first-order valence-electron chi connectivity index (χ1n) is 7.09. The zero-order valence-electron chi connectivity index (χ0n) is 12.2. The Morgan fingerprint density at radius 1 is 1.40 bits per heavy atom. The maximum Gasteiger partial charge on any atom is 0.328 e. The van der Waals surface area contributed by atoms with Crippen LogP contribution in [0.4, 0.5) is 5.82 Å². The van der Waals surface area contributed by atoms with Crippen molar-refractivity contribution in [3.05, 3.63) is 30.0 Å². The number of anilines is 1. The number of carboxylic acid groups (broad SMARTS) is 1. The smallest absolute Gasteiger partial charge is 0.328 e. The number of pyridine rings is 1. The van der Waals surface area contributed by atoms with Gasteiger partial charge in [0.05, 0.1) is 0 Å². The molecule has 2 heterocycles. The Morgan fingerprint density at radius 2 is 2.20 bits per heavy atom. The zero-order chi connectivity index (χ0) is 14.6. The highest BCUT2D eigenvalue weighted by Gasteiger charge is 2.24. The summed E-state index contributed by atoms with van der Waals surface area (Å²) in [5, 5.41) is 8.77. The van der Waals surface area contributed by atoms with Crippen LogP contribution in [0, 0.1) is 5.41 Å². The van der Waals surface area contributed by atoms with Crippen molar-refractivity contribution >= 4 is 17.9 Å². The molecule has 0 unspecified atom stereocenters. The molecule has 0 amide bonds. The van der Waals surface area contributed by atoms with E-state index in [9.17, 15) is 4.79 Å². The summed E-state index contributed by atoms with van der Waals surface area (Å²) >= 11 is 0. The minimum absolute atomic E-state index is 0.376. The van der Waals surface area contributed by atoms with E-state index in [4.69, 9.17) is 5.11 Å². The number of carboxylic acids is 1. The van der Waals surface area contributed by atoms with Gasteiger partial charge < -0.3 is 10.0 Å². The SMILES string of the molecule is CC1(C)CCCN(c2ncccc2/C=C/C(=O)O)CC1. The molecule has 0 bridgehead atoms. The van der Waals surface area contributed by atoms with Gasteiger partial charge in [0.1, 0.15) is 5.82 Å². The van der Waals surface area contributed by atoms with E-state index in [0.29, 0.717) is 5.41 Å². The molecule has 1 aliphatic heterocycles. The molecule has 0 aliphatic carbocycles. The number of hydrogen-bond acceptors (Lipinski definition) is 3. The number of aliphatic carboxylic acids is 1. The molecule has 4 nitrogen and oxygen atoms in total. The van der Waals surface area contributed by atoms with Crippen LogP contribution in [0.25, 0.3) is 6.08 Å². The van der Waals surface area contributed by atoms with Gasteiger partial charge in [-0.25, -0.2) is 9.78 Å². The Balaban J connectivity index is 2.21. The van der Waals surface area contributed by atoms with Gasteiger partial charge >= 0.3 is 5.97 Å². The molecule has 0 radical (unpaired) electrons. The van der Waals surface area contributed by atoms with Crippen molar-refractivity contribution < 1.29 is 9.90 Å². The van der Waals surface area contributed by atoms with Crippen LogP contribution < -0.4 is 4.90 Å². The average molecular weight is 274 g/mol. The van der Waals surface area contributed by atoms with E-state index in [1.165, 1.54) is 12.5 Å². The molecule has 20 heavy (non-hydrogen) atoms. The third-order valence-electron chi connectivity index (χ3n) is 3.86. The fourth-order valence-electron chi connectivity index (χ4n) is 2.60. The van der Waals surface area contributed by atoms with Gasteiger partial charge in [-0.3, -0.25) is 0 Å². The Labute approximate surface area is 120 Å². The van der Waals surface area contributed by atoms with Crippen molar-refractivity contribution in [1.29, 1.82) is 0 Å². The topological polar surface area (TPSA) is 53.4 Å². The van der Waals surface area contributed by atoms with Crippen LogP contribution in [0.1, 0.15) is 38.7 Å². The Bertz CT molecular complexity index is 509. The maximum atomic E-state index is 10.7. The van der Waals surface area contributed by atoms with Crippen LogP contribution in [0.2, 0.25) is 0 Å². The quantitative estimate of drug-likeness (QED) is 0.860. The molecule has 1 aromatic heterocycles. The van der Waals surface area contributed by atoms with E-state index in [-0.39, 0.29) is 0 Å². The van der Waals surface area contributed by atoms with Gasteiger partial charge in [-0.1, -0.05) is 13.8 Å². The van der Waals surface area contributed by atoms with Gasteiger partial charge in [-0.2, -0.15) is 0 Å². The van der Waals surface area contributed by atoms with Crippen molar-refractivity contribution in [2.45, 2.75) is 33.1 Å². The molecule has 0 saturated carbocycles. The van der Waals surface area contributed by atoms with Crippen molar-refractivity contribution in [2.75, 3.05) is 18.0 Å². The van der Waals surface area contributed by atoms with Crippen molar-refractivity contribution in [1.82, 2.24) is 4.98 Å². The van der Waals surface area contributed by atoms with Crippen molar-refractivity contribution in [3.63, 3.8) is 0 Å². The molecule has 0 aromatic carbocycles. The third kappa shape index (κ3) is 3.83. The van der Waals surface area contributed by atoms with Gasteiger partial charge in [0, 0.05) is 30.9 Å². The number of hydrogen-bond donors (Lipinski definition) is 1. The second-order valence-electron chi connectivity index (χ2n) is 6.09. The summed E-state index contributed by atoms with van der Waals surface area (Å²) < 4.78 is 0. The number of aromatic nitrogens is 1. The second-order valence-corrected chi connectivity index (χ2v) is 6.09. The Kier molecular flexibility index (Phi) is 4.42. The summed E-state index contributed by atoms with van der Waals surface area (Å²) in [4.78, 5) is 17.4. The van der Waals surface area contributed by atoms with E-state index in [1.807, 2.05) is 12.1 Å². The van der Waals surface area contributed by atoms with Crippen LogP contribution in [0.3, 0.4) is 0 Å². The molecule has 1 saturated heterocycles. The highest BCUT2D eigenvalue weighted by molar-refractivity contribution is 5.86. The molecule has 1 aliphatic rings. The predicted octanol–water partition coefficient (Wildman–Crippen LogP) is 3.20. The highest BCUT2D eigenvalue weighted by atomic mass is 16.4. The zero-order valence-corrected chi connectivity index (χ0v) is 12.2. The average Bonchev–Trinajstić information content (AvgIpc) is 2.58.